The van der Waals surface area contributed by atoms with Crippen molar-refractivity contribution in [3.63, 3.8) is 0 Å². The van der Waals surface area contributed by atoms with Gasteiger partial charge in [-0.05, 0) is 71.1 Å². The van der Waals surface area contributed by atoms with Crippen LogP contribution in [0, 0.1) is 0 Å². The van der Waals surface area contributed by atoms with Crippen molar-refractivity contribution in [2.24, 2.45) is 0 Å². The molecule has 8 heteroatoms. The summed E-state index contributed by atoms with van der Waals surface area (Å²) in [5, 5.41) is 14.5. The van der Waals surface area contributed by atoms with E-state index in [0.29, 0.717) is 25.8 Å². The third-order valence-electron chi connectivity index (χ3n) is 5.45. The molecule has 0 bridgehead atoms. The first-order valence-corrected chi connectivity index (χ1v) is 14.3. The largest absolute Gasteiger partial charge is 0.480 e. The molecule has 0 rings (SSSR count). The molecule has 0 aromatic rings. The van der Waals surface area contributed by atoms with Gasteiger partial charge in [0.05, 0.1) is 6.61 Å². The molecule has 0 radical (unpaired) electrons. The van der Waals surface area contributed by atoms with Gasteiger partial charge in [-0.25, -0.2) is 9.59 Å². The van der Waals surface area contributed by atoms with Crippen molar-refractivity contribution in [2.45, 2.75) is 90.5 Å². The second kappa shape index (κ2) is 26.9. The van der Waals surface area contributed by atoms with Crippen molar-refractivity contribution in [3.8, 4) is 0 Å². The quantitative estimate of drug-likeness (QED) is 0.0625. The summed E-state index contributed by atoms with van der Waals surface area (Å²) in [5.41, 5.74) is 0. The molecular weight excluding hydrogens is 508 g/mol. The van der Waals surface area contributed by atoms with E-state index < -0.39 is 23.9 Å². The van der Waals surface area contributed by atoms with E-state index >= 15 is 0 Å². The molecular formula is C32H48N2O6. The summed E-state index contributed by atoms with van der Waals surface area (Å²) in [5.74, 6) is -2.53. The maximum atomic E-state index is 12.0. The molecule has 0 aliphatic carbocycles. The van der Waals surface area contributed by atoms with Crippen molar-refractivity contribution in [1.29, 1.82) is 0 Å². The first-order valence-electron chi connectivity index (χ1n) is 14.3. The molecule has 8 nitrogen and oxygen atoms in total. The highest BCUT2D eigenvalue weighted by atomic mass is 16.5. The first-order chi connectivity index (χ1) is 19.4. The smallest absolute Gasteiger partial charge is 0.330 e. The summed E-state index contributed by atoms with van der Waals surface area (Å²) < 4.78 is 4.67. The highest BCUT2D eigenvalue weighted by Gasteiger charge is 2.18. The van der Waals surface area contributed by atoms with E-state index in [1.807, 2.05) is 0 Å². The lowest BCUT2D eigenvalue weighted by Crippen LogP contribution is -2.40. The Bertz CT molecular complexity index is 899. The Morgan fingerprint density at radius 2 is 1.32 bits per heavy atom. The highest BCUT2D eigenvalue weighted by molar-refractivity contribution is 5.96. The lowest BCUT2D eigenvalue weighted by Gasteiger charge is -2.13. The van der Waals surface area contributed by atoms with Gasteiger partial charge in [0.2, 0.25) is 11.8 Å². The number of rotatable bonds is 23. The molecule has 0 saturated carbocycles. The Morgan fingerprint density at radius 1 is 0.750 bits per heavy atom. The SMILES string of the molecule is CCC=CCC=CCC=CCC=CCC=CCCCC(=O)NCCCCC(NC(=O)C=CC(=O)OCC)C(=O)O. The Hall–Kier alpha value is -3.68. The molecule has 0 saturated heterocycles. The van der Waals surface area contributed by atoms with Gasteiger partial charge in [0, 0.05) is 25.1 Å². The number of amides is 2. The fourth-order valence-electron chi connectivity index (χ4n) is 3.35. The van der Waals surface area contributed by atoms with Crippen LogP contribution in [0.3, 0.4) is 0 Å². The van der Waals surface area contributed by atoms with E-state index in [1.54, 1.807) is 6.92 Å². The zero-order chi connectivity index (χ0) is 29.7. The van der Waals surface area contributed by atoms with Gasteiger partial charge in [0.15, 0.2) is 0 Å². The third kappa shape index (κ3) is 24.6. The molecule has 1 unspecified atom stereocenters. The second-order valence-electron chi connectivity index (χ2n) is 8.93. The minimum atomic E-state index is -1.16. The standard InChI is InChI=1S/C32H48N2O6/c1-3-5-6-7-8-9-10-11-12-13-14-15-16-17-18-19-20-24-29(35)33-27-22-21-23-28(32(38)39)34-30(36)25-26-31(37)40-4-2/h5-6,8-9,11-12,14-15,17-18,25-26,28H,3-4,7,10,13,16,19-24,27H2,1-2H3,(H,33,35)(H,34,36)(H,38,39). The zero-order valence-electron chi connectivity index (χ0n) is 24.2. The number of unbranched alkanes of at least 4 members (excludes halogenated alkanes) is 2. The normalized spacial score (nSPS) is 12.8. The van der Waals surface area contributed by atoms with Crippen molar-refractivity contribution in [2.75, 3.05) is 13.2 Å². The van der Waals surface area contributed by atoms with Gasteiger partial charge in [-0.2, -0.15) is 0 Å². The van der Waals surface area contributed by atoms with Gasteiger partial charge in [-0.15, -0.1) is 0 Å². The predicted molar refractivity (Wildman–Crippen MR) is 161 cm³/mol. The van der Waals surface area contributed by atoms with Crippen LogP contribution < -0.4 is 10.6 Å². The summed E-state index contributed by atoms with van der Waals surface area (Å²) in [6, 6.07) is -1.07. The van der Waals surface area contributed by atoms with Crippen LogP contribution in [0.2, 0.25) is 0 Å². The lowest BCUT2D eigenvalue weighted by atomic mass is 10.1. The number of carbonyl (C=O) groups excluding carboxylic acids is 3. The molecule has 0 heterocycles. The molecule has 0 fully saturated rings. The van der Waals surface area contributed by atoms with E-state index in [2.05, 4.69) is 83.1 Å². The minimum Gasteiger partial charge on any atom is -0.480 e. The Balaban J connectivity index is 3.86. The molecule has 0 spiro atoms. The maximum absolute atomic E-state index is 12.0. The molecule has 40 heavy (non-hydrogen) atoms. The summed E-state index contributed by atoms with van der Waals surface area (Å²) in [4.78, 5) is 46.4. The number of allylic oxidation sites excluding steroid dienone is 10. The van der Waals surface area contributed by atoms with Crippen molar-refractivity contribution < 1.29 is 29.0 Å². The fraction of sp³-hybridized carbons (Fsp3) is 0.500. The Morgan fingerprint density at radius 3 is 1.88 bits per heavy atom. The van der Waals surface area contributed by atoms with Gasteiger partial charge >= 0.3 is 11.9 Å². The van der Waals surface area contributed by atoms with E-state index in [0.717, 1.165) is 57.1 Å². The van der Waals surface area contributed by atoms with Crippen molar-refractivity contribution in [3.05, 3.63) is 72.9 Å². The lowest BCUT2D eigenvalue weighted by molar-refractivity contribution is -0.141. The van der Waals surface area contributed by atoms with Gasteiger partial charge in [-0.3, -0.25) is 9.59 Å². The molecule has 0 aliphatic heterocycles. The van der Waals surface area contributed by atoms with Crippen molar-refractivity contribution >= 4 is 23.8 Å². The molecule has 1 atom stereocenters. The van der Waals surface area contributed by atoms with Crippen LogP contribution in [0.25, 0.3) is 0 Å². The van der Waals surface area contributed by atoms with Gasteiger partial charge < -0.3 is 20.5 Å². The Labute approximate surface area is 240 Å². The fourth-order valence-corrected chi connectivity index (χ4v) is 3.35. The van der Waals surface area contributed by atoms with Crippen molar-refractivity contribution in [1.82, 2.24) is 10.6 Å². The van der Waals surface area contributed by atoms with Crippen LogP contribution in [-0.4, -0.2) is 48.1 Å². The second-order valence-corrected chi connectivity index (χ2v) is 8.93. The Kier molecular flexibility index (Phi) is 24.4. The van der Waals surface area contributed by atoms with Crippen LogP contribution in [-0.2, 0) is 23.9 Å². The minimum absolute atomic E-state index is 0.0282. The van der Waals surface area contributed by atoms with Gasteiger partial charge in [-0.1, -0.05) is 67.7 Å². The number of carbonyl (C=O) groups is 4. The van der Waals surface area contributed by atoms with E-state index in [9.17, 15) is 24.3 Å². The number of hydrogen-bond acceptors (Lipinski definition) is 5. The summed E-state index contributed by atoms with van der Waals surface area (Å²) in [6.45, 7) is 4.41. The average molecular weight is 557 g/mol. The zero-order valence-corrected chi connectivity index (χ0v) is 24.2. The summed E-state index contributed by atoms with van der Waals surface area (Å²) >= 11 is 0. The summed E-state index contributed by atoms with van der Waals surface area (Å²) in [7, 11) is 0. The molecule has 0 aromatic heterocycles. The van der Waals surface area contributed by atoms with Gasteiger partial charge in [0.1, 0.15) is 6.04 Å². The van der Waals surface area contributed by atoms with Crippen LogP contribution in [0.1, 0.15) is 84.5 Å². The maximum Gasteiger partial charge on any atom is 0.330 e. The summed E-state index contributed by atoms with van der Waals surface area (Å²) in [6.07, 6.45) is 31.7. The number of hydrogen-bond donors (Lipinski definition) is 3. The average Bonchev–Trinajstić information content (AvgIpc) is 2.92. The number of carboxylic acids is 1. The third-order valence-corrected chi connectivity index (χ3v) is 5.45. The number of aliphatic carboxylic acids is 1. The molecule has 222 valence electrons. The highest BCUT2D eigenvalue weighted by Crippen LogP contribution is 2.03. The molecule has 2 amide bonds. The number of nitrogens with one attached hydrogen (secondary N) is 2. The van der Waals surface area contributed by atoms with Crippen LogP contribution in [0.5, 0.6) is 0 Å². The topological polar surface area (TPSA) is 122 Å². The van der Waals surface area contributed by atoms with Crippen LogP contribution >= 0.6 is 0 Å². The number of esters is 1. The first kappa shape index (κ1) is 36.3. The number of carboxylic acid groups (broad SMARTS) is 1. The molecule has 0 aromatic carbocycles. The van der Waals surface area contributed by atoms with E-state index in [4.69, 9.17) is 0 Å². The monoisotopic (exact) mass is 556 g/mol. The molecule has 3 N–H and O–H groups in total. The van der Waals surface area contributed by atoms with E-state index in [-0.39, 0.29) is 18.9 Å². The molecule has 0 aliphatic rings. The van der Waals surface area contributed by atoms with Gasteiger partial charge in [0.25, 0.3) is 0 Å². The van der Waals surface area contributed by atoms with Crippen LogP contribution in [0.15, 0.2) is 72.9 Å². The number of ether oxygens (including phenoxy) is 1. The van der Waals surface area contributed by atoms with Crippen LogP contribution in [0.4, 0.5) is 0 Å². The van der Waals surface area contributed by atoms with E-state index in [1.165, 1.54) is 0 Å². The predicted octanol–water partition coefficient (Wildman–Crippen LogP) is 5.88.